The van der Waals surface area contributed by atoms with Gasteiger partial charge in [0.15, 0.2) is 5.69 Å². The first-order chi connectivity index (χ1) is 20.8. The summed E-state index contributed by atoms with van der Waals surface area (Å²) >= 11 is 9.27. The summed E-state index contributed by atoms with van der Waals surface area (Å²) < 4.78 is 42.1. The molecule has 0 bridgehead atoms. The topological polar surface area (TPSA) is 135 Å². The van der Waals surface area contributed by atoms with Crippen molar-refractivity contribution in [3.05, 3.63) is 79.2 Å². The van der Waals surface area contributed by atoms with Crippen LogP contribution in [-0.2, 0) is 22.9 Å². The Bertz CT molecular complexity index is 1890. The lowest BCUT2D eigenvalue weighted by atomic mass is 9.73. The van der Waals surface area contributed by atoms with Gasteiger partial charge >= 0.3 is 6.18 Å². The summed E-state index contributed by atoms with van der Waals surface area (Å²) in [5.41, 5.74) is -0.877. The van der Waals surface area contributed by atoms with Crippen molar-refractivity contribution < 1.29 is 27.9 Å². The largest absolute Gasteiger partial charge is 0.505 e. The molecule has 2 aliphatic rings. The molecule has 2 amide bonds. The first-order valence-corrected chi connectivity index (χ1v) is 14.8. The Hall–Kier alpha value is -3.98. The summed E-state index contributed by atoms with van der Waals surface area (Å²) in [7, 11) is 0. The van der Waals surface area contributed by atoms with E-state index >= 15 is 0 Å². The van der Waals surface area contributed by atoms with E-state index in [2.05, 4.69) is 36.3 Å². The lowest BCUT2D eigenvalue weighted by Gasteiger charge is -2.39. The Balaban J connectivity index is 1.33. The van der Waals surface area contributed by atoms with Crippen LogP contribution in [0.1, 0.15) is 59.4 Å². The van der Waals surface area contributed by atoms with E-state index in [1.165, 1.54) is 18.3 Å². The quantitative estimate of drug-likeness (QED) is 0.315. The smallest absolute Gasteiger partial charge is 0.416 e. The van der Waals surface area contributed by atoms with Gasteiger partial charge in [0.2, 0.25) is 16.4 Å². The van der Waals surface area contributed by atoms with E-state index in [-0.39, 0.29) is 50.7 Å². The van der Waals surface area contributed by atoms with Crippen LogP contribution in [0.15, 0.2) is 46.1 Å². The number of amides is 2. The number of aromatic nitrogens is 5. The van der Waals surface area contributed by atoms with E-state index in [0.717, 1.165) is 22.7 Å². The second-order valence-electron chi connectivity index (χ2n) is 11.0. The van der Waals surface area contributed by atoms with E-state index < -0.39 is 29.0 Å². The second kappa shape index (κ2) is 10.9. The van der Waals surface area contributed by atoms with Crippen molar-refractivity contribution >= 4 is 50.8 Å². The van der Waals surface area contributed by atoms with Gasteiger partial charge in [-0.3, -0.25) is 14.4 Å². The summed E-state index contributed by atoms with van der Waals surface area (Å²) in [5.74, 6) is -1.27. The number of halogens is 5. The molecule has 2 N–H and O–H groups in total. The van der Waals surface area contributed by atoms with Crippen LogP contribution < -0.4 is 10.9 Å². The fraction of sp³-hybridized carbons (Fsp3) is 0.357. The lowest BCUT2D eigenvalue weighted by Crippen LogP contribution is -2.46. The number of fused-ring (bicyclic) bond motifs is 3. The molecule has 230 valence electrons. The molecule has 1 aliphatic carbocycles. The van der Waals surface area contributed by atoms with Crippen LogP contribution in [-0.4, -0.2) is 59.1 Å². The number of anilines is 1. The highest BCUT2D eigenvalue weighted by Crippen LogP contribution is 2.50. The zero-order valence-corrected chi connectivity index (χ0v) is 25.4. The van der Waals surface area contributed by atoms with E-state index in [9.17, 15) is 32.7 Å². The van der Waals surface area contributed by atoms with Crippen molar-refractivity contribution in [3.63, 3.8) is 0 Å². The number of nitrogens with zero attached hydrogens (tertiary/aromatic N) is 6. The number of hydrogen-bond donors (Lipinski definition) is 2. The van der Waals surface area contributed by atoms with Gasteiger partial charge in [0.1, 0.15) is 12.3 Å². The average Bonchev–Trinajstić information content (AvgIpc) is 3.49. The number of nitrogens with one attached hydrogen (secondary N) is 1. The van der Waals surface area contributed by atoms with Gasteiger partial charge in [-0.2, -0.15) is 22.7 Å². The fourth-order valence-corrected chi connectivity index (χ4v) is 6.97. The van der Waals surface area contributed by atoms with Gasteiger partial charge < -0.3 is 19.9 Å². The maximum atomic E-state index is 13.9. The summed E-state index contributed by atoms with van der Waals surface area (Å²) in [6.45, 7) is 2.25. The van der Waals surface area contributed by atoms with Crippen LogP contribution in [0.5, 0.6) is 5.75 Å². The van der Waals surface area contributed by atoms with Crippen LogP contribution in [0, 0.1) is 0 Å². The van der Waals surface area contributed by atoms with Crippen molar-refractivity contribution in [2.24, 2.45) is 0 Å². The van der Waals surface area contributed by atoms with Gasteiger partial charge in [0.25, 0.3) is 11.5 Å². The number of carbonyl (C=O) groups excluding carboxylic acids is 2. The molecule has 4 aromatic rings. The molecule has 1 aliphatic heterocycles. The number of rotatable bonds is 4. The zero-order chi connectivity index (χ0) is 31.6. The number of piperidine rings is 1. The third-order valence-electron chi connectivity index (χ3n) is 8.32. The molecule has 1 aromatic carbocycles. The third kappa shape index (κ3) is 5.11. The van der Waals surface area contributed by atoms with Gasteiger partial charge in [-0.15, -0.1) is 5.10 Å². The average molecular weight is 695 g/mol. The van der Waals surface area contributed by atoms with Crippen LogP contribution in [0.25, 0.3) is 5.78 Å². The molecule has 4 heterocycles. The monoisotopic (exact) mass is 693 g/mol. The first kappa shape index (κ1) is 30.1. The number of alkyl halides is 3. The van der Waals surface area contributed by atoms with Gasteiger partial charge in [0, 0.05) is 36.0 Å². The van der Waals surface area contributed by atoms with E-state index in [0.29, 0.717) is 43.6 Å². The van der Waals surface area contributed by atoms with Gasteiger partial charge in [-0.25, -0.2) is 4.98 Å². The molecule has 3 aromatic heterocycles. The molecule has 6 rings (SSSR count). The number of aromatic hydroxyl groups is 1. The number of hydrogen-bond acceptors (Lipinski definition) is 7. The fourth-order valence-electron chi connectivity index (χ4n) is 6.43. The predicted octanol–water partition coefficient (Wildman–Crippen LogP) is 4.75. The third-order valence-corrected chi connectivity index (χ3v) is 8.97. The Morgan fingerprint density at radius 1 is 1.23 bits per heavy atom. The van der Waals surface area contributed by atoms with Crippen molar-refractivity contribution in [1.29, 1.82) is 0 Å². The number of likely N-dealkylation sites (tertiary alicyclic amines) is 1. The Morgan fingerprint density at radius 3 is 2.61 bits per heavy atom. The maximum absolute atomic E-state index is 13.9. The number of carbonyl (C=O) groups is 2. The summed E-state index contributed by atoms with van der Waals surface area (Å²) in [6, 6.07) is 5.57. The molecule has 16 heteroatoms. The summed E-state index contributed by atoms with van der Waals surface area (Å²) in [6.07, 6.45) is -1.68. The van der Waals surface area contributed by atoms with E-state index in [4.69, 9.17) is 11.6 Å². The van der Waals surface area contributed by atoms with Crippen molar-refractivity contribution in [1.82, 2.24) is 29.0 Å². The molecule has 11 nitrogen and oxygen atoms in total. The lowest BCUT2D eigenvalue weighted by molar-refractivity contribution is -0.137. The van der Waals surface area contributed by atoms with Crippen LogP contribution >= 0.6 is 27.5 Å². The number of benzene rings is 1. The molecule has 0 radical (unpaired) electrons. The van der Waals surface area contributed by atoms with Gasteiger partial charge in [-0.05, 0) is 71.4 Å². The molecule has 0 saturated carbocycles. The number of pyridine rings is 1. The standard InChI is InChI=1S/C28H24BrClF3N7O4/c1-14-12-27(6-9-38(10-7-27)24(44)21-18(41)3-2-8-34-21)20-22(14)39(26-36-25(29)37-40(26)23(20)43)13-19(42)35-17-5-4-15(11-16(17)30)28(31,32)33/h2-5,8,11,14,41H,6-7,9-10,12-13H2,1H3,(H,35,42)/t14-/m0/s1. The molecule has 0 unspecified atom stereocenters. The Morgan fingerprint density at radius 2 is 1.95 bits per heavy atom. The summed E-state index contributed by atoms with van der Waals surface area (Å²) in [5, 5.41) is 16.6. The zero-order valence-electron chi connectivity index (χ0n) is 23.0. The highest BCUT2D eigenvalue weighted by atomic mass is 79.9. The summed E-state index contributed by atoms with van der Waals surface area (Å²) in [4.78, 5) is 50.2. The molecular weight excluding hydrogens is 671 g/mol. The van der Waals surface area contributed by atoms with Gasteiger partial charge in [0.05, 0.1) is 16.3 Å². The second-order valence-corrected chi connectivity index (χ2v) is 12.2. The molecular formula is C28H24BrClF3N7O4. The van der Waals surface area contributed by atoms with E-state index in [1.807, 2.05) is 6.92 Å². The minimum atomic E-state index is -4.59. The first-order valence-electron chi connectivity index (χ1n) is 13.6. The molecule has 44 heavy (non-hydrogen) atoms. The minimum Gasteiger partial charge on any atom is -0.505 e. The van der Waals surface area contributed by atoms with Gasteiger partial charge in [-0.1, -0.05) is 18.5 Å². The molecule has 1 fully saturated rings. The highest BCUT2D eigenvalue weighted by Gasteiger charge is 2.49. The SMILES string of the molecule is C[C@H]1CC2(CCN(C(=O)c3ncccc3O)CC2)c2c1n(CC(=O)Nc1ccc(C(F)(F)F)cc1Cl)c1nc(Br)nn1c2=O. The van der Waals surface area contributed by atoms with Crippen LogP contribution in [0.3, 0.4) is 0 Å². The van der Waals surface area contributed by atoms with Crippen LogP contribution in [0.4, 0.5) is 18.9 Å². The van der Waals surface area contributed by atoms with Crippen molar-refractivity contribution in [2.75, 3.05) is 18.4 Å². The highest BCUT2D eigenvalue weighted by molar-refractivity contribution is 9.10. The molecule has 1 spiro atoms. The molecule has 1 atom stereocenters. The minimum absolute atomic E-state index is 0.00141. The Kier molecular flexibility index (Phi) is 7.43. The molecule has 1 saturated heterocycles. The van der Waals surface area contributed by atoms with Crippen molar-refractivity contribution in [3.8, 4) is 5.75 Å². The Labute approximate surface area is 260 Å². The van der Waals surface area contributed by atoms with Crippen molar-refractivity contribution in [2.45, 2.75) is 50.2 Å². The normalized spacial score (nSPS) is 17.7. The maximum Gasteiger partial charge on any atom is 0.416 e. The predicted molar refractivity (Wildman–Crippen MR) is 156 cm³/mol. The van der Waals surface area contributed by atoms with E-state index in [1.54, 1.807) is 9.47 Å². The van der Waals surface area contributed by atoms with Crippen LogP contribution in [0.2, 0.25) is 5.02 Å².